The lowest BCUT2D eigenvalue weighted by Crippen LogP contribution is -1.71. The molecule has 50 valence electrons. The smallest absolute Gasteiger partial charge is 0.142 e. The van der Waals surface area contributed by atoms with Crippen LogP contribution in [-0.2, 0) is 4.79 Å². The fraction of sp³-hybridized carbons (Fsp3) is 0. The number of allylic oxidation sites excluding steroid dienone is 1. The van der Waals surface area contributed by atoms with Gasteiger partial charge in [0.2, 0.25) is 0 Å². The van der Waals surface area contributed by atoms with Gasteiger partial charge in [0.25, 0.3) is 0 Å². The number of aldehydes is 1. The van der Waals surface area contributed by atoms with Gasteiger partial charge in [-0.05, 0) is 23.8 Å². The van der Waals surface area contributed by atoms with E-state index in [0.29, 0.717) is 0 Å². The van der Waals surface area contributed by atoms with Crippen molar-refractivity contribution in [2.24, 2.45) is 0 Å². The van der Waals surface area contributed by atoms with Crippen molar-refractivity contribution in [2.45, 2.75) is 0 Å². The van der Waals surface area contributed by atoms with Gasteiger partial charge >= 0.3 is 0 Å². The molecule has 0 saturated heterocycles. The number of hydrogen-bond acceptors (Lipinski definition) is 2. The molecule has 1 aromatic heterocycles. The van der Waals surface area contributed by atoms with E-state index in [2.05, 4.69) is 4.98 Å². The van der Waals surface area contributed by atoms with E-state index in [1.54, 1.807) is 18.5 Å². The van der Waals surface area contributed by atoms with Gasteiger partial charge in [0.15, 0.2) is 0 Å². The van der Waals surface area contributed by atoms with Crippen LogP contribution in [0.5, 0.6) is 0 Å². The second kappa shape index (κ2) is 3.56. The maximum absolute atomic E-state index is 9.88. The van der Waals surface area contributed by atoms with Gasteiger partial charge in [0.05, 0.1) is 0 Å². The average Bonchev–Trinajstić information content (AvgIpc) is 2.03. The lowest BCUT2D eigenvalue weighted by molar-refractivity contribution is -0.104. The molecule has 10 heavy (non-hydrogen) atoms. The first-order valence-corrected chi connectivity index (χ1v) is 2.95. The zero-order chi connectivity index (χ0) is 7.23. The lowest BCUT2D eigenvalue weighted by atomic mass is 10.2. The molecule has 1 heterocycles. The summed E-state index contributed by atoms with van der Waals surface area (Å²) in [5.74, 6) is 0. The molecule has 0 spiro atoms. The monoisotopic (exact) mass is 133 g/mol. The zero-order valence-corrected chi connectivity index (χ0v) is 5.40. The molecule has 1 aromatic rings. The fourth-order valence-electron chi connectivity index (χ4n) is 0.625. The van der Waals surface area contributed by atoms with E-state index >= 15 is 0 Å². The first-order chi connectivity index (χ1) is 4.93. The van der Waals surface area contributed by atoms with Gasteiger partial charge in [0, 0.05) is 12.4 Å². The van der Waals surface area contributed by atoms with Crippen molar-refractivity contribution >= 4 is 12.4 Å². The maximum Gasteiger partial charge on any atom is 0.142 e. The molecule has 0 bridgehead atoms. The molecule has 0 atom stereocenters. The van der Waals surface area contributed by atoms with Gasteiger partial charge in [-0.3, -0.25) is 9.78 Å². The van der Waals surface area contributed by atoms with E-state index in [1.165, 1.54) is 6.08 Å². The molecular formula is C8H7NO. The molecule has 2 heteroatoms. The molecule has 1 rings (SSSR count). The first-order valence-electron chi connectivity index (χ1n) is 2.95. The summed E-state index contributed by atoms with van der Waals surface area (Å²) in [6.07, 6.45) is 7.30. The highest BCUT2D eigenvalue weighted by Crippen LogP contribution is 1.96. The summed E-state index contributed by atoms with van der Waals surface area (Å²) in [7, 11) is 0. The Morgan fingerprint density at radius 3 is 2.60 bits per heavy atom. The van der Waals surface area contributed by atoms with Crippen LogP contribution in [0.2, 0.25) is 0 Å². The third-order valence-electron chi connectivity index (χ3n) is 1.07. The Morgan fingerprint density at radius 2 is 2.00 bits per heavy atom. The zero-order valence-electron chi connectivity index (χ0n) is 5.40. The Morgan fingerprint density at radius 1 is 1.30 bits per heavy atom. The summed E-state index contributed by atoms with van der Waals surface area (Å²) in [4.78, 5) is 13.7. The van der Waals surface area contributed by atoms with Crippen LogP contribution in [0.15, 0.2) is 30.6 Å². The minimum Gasteiger partial charge on any atom is -0.299 e. The van der Waals surface area contributed by atoms with E-state index in [4.69, 9.17) is 0 Å². The number of carbonyl (C=O) groups is 1. The van der Waals surface area contributed by atoms with Crippen LogP contribution in [0.3, 0.4) is 0 Å². The van der Waals surface area contributed by atoms with Crippen LogP contribution in [0.25, 0.3) is 6.08 Å². The number of nitrogens with zero attached hydrogens (tertiary/aromatic N) is 1. The van der Waals surface area contributed by atoms with Crippen molar-refractivity contribution in [2.75, 3.05) is 0 Å². The van der Waals surface area contributed by atoms with Crippen LogP contribution in [-0.4, -0.2) is 11.3 Å². The van der Waals surface area contributed by atoms with Gasteiger partial charge in [-0.25, -0.2) is 0 Å². The minimum absolute atomic E-state index is 0.750. The van der Waals surface area contributed by atoms with Crippen molar-refractivity contribution < 1.29 is 4.79 Å². The quantitative estimate of drug-likeness (QED) is 0.449. The normalized spacial score (nSPS) is 10.0. The van der Waals surface area contributed by atoms with Crippen LogP contribution >= 0.6 is 0 Å². The highest BCUT2D eigenvalue weighted by Gasteiger charge is 1.79. The molecule has 0 aliphatic carbocycles. The van der Waals surface area contributed by atoms with Gasteiger partial charge in [0.1, 0.15) is 6.29 Å². The molecule has 2 nitrogen and oxygen atoms in total. The van der Waals surface area contributed by atoms with Gasteiger partial charge in [-0.2, -0.15) is 0 Å². The summed E-state index contributed by atoms with van der Waals surface area (Å²) in [5.41, 5.74) is 0.988. The lowest BCUT2D eigenvalue weighted by Gasteiger charge is -1.86. The first kappa shape index (κ1) is 6.68. The third kappa shape index (κ3) is 1.82. The summed E-state index contributed by atoms with van der Waals surface area (Å²) >= 11 is 0. The molecule has 0 fully saturated rings. The number of hydrogen-bond donors (Lipinski definition) is 0. The SMILES string of the molecule is O=CC=Cc1ccncc1. The predicted molar refractivity (Wildman–Crippen MR) is 39.3 cm³/mol. The highest BCUT2D eigenvalue weighted by atomic mass is 16.1. The van der Waals surface area contributed by atoms with E-state index < -0.39 is 0 Å². The van der Waals surface area contributed by atoms with E-state index in [9.17, 15) is 4.79 Å². The standard InChI is InChI=1S/C8H7NO/c10-7-1-2-8-3-5-9-6-4-8/h1-7H. The van der Waals surface area contributed by atoms with Crippen molar-refractivity contribution in [3.05, 3.63) is 36.2 Å². The predicted octanol–water partition coefficient (Wildman–Crippen LogP) is 1.29. The Kier molecular flexibility index (Phi) is 2.38. The van der Waals surface area contributed by atoms with E-state index in [0.717, 1.165) is 11.8 Å². The third-order valence-corrected chi connectivity index (χ3v) is 1.07. The van der Waals surface area contributed by atoms with Crippen molar-refractivity contribution in [1.82, 2.24) is 4.98 Å². The molecule has 0 aromatic carbocycles. The minimum atomic E-state index is 0.750. The van der Waals surface area contributed by atoms with Crippen molar-refractivity contribution in [3.8, 4) is 0 Å². The van der Waals surface area contributed by atoms with Crippen LogP contribution < -0.4 is 0 Å². The van der Waals surface area contributed by atoms with E-state index in [-0.39, 0.29) is 0 Å². The Bertz CT molecular complexity index is 228. The average molecular weight is 133 g/mol. The van der Waals surface area contributed by atoms with Crippen LogP contribution in [0.1, 0.15) is 5.56 Å². The highest BCUT2D eigenvalue weighted by molar-refractivity contribution is 5.73. The largest absolute Gasteiger partial charge is 0.299 e. The van der Waals surface area contributed by atoms with Gasteiger partial charge in [-0.15, -0.1) is 0 Å². The molecule has 0 aliphatic heterocycles. The summed E-state index contributed by atoms with van der Waals surface area (Å²) in [5, 5.41) is 0. The van der Waals surface area contributed by atoms with Crippen LogP contribution in [0, 0.1) is 0 Å². The summed E-state index contributed by atoms with van der Waals surface area (Å²) < 4.78 is 0. The number of rotatable bonds is 2. The maximum atomic E-state index is 9.88. The summed E-state index contributed by atoms with van der Waals surface area (Å²) in [6, 6.07) is 3.67. The van der Waals surface area contributed by atoms with Gasteiger partial charge in [-0.1, -0.05) is 6.08 Å². The van der Waals surface area contributed by atoms with Crippen molar-refractivity contribution in [3.63, 3.8) is 0 Å². The van der Waals surface area contributed by atoms with Crippen LogP contribution in [0.4, 0.5) is 0 Å². The topological polar surface area (TPSA) is 30.0 Å². The second-order valence-corrected chi connectivity index (χ2v) is 1.78. The number of carbonyl (C=O) groups excluding carboxylic acids is 1. The molecule has 0 amide bonds. The molecule has 0 saturated carbocycles. The number of pyridine rings is 1. The Labute approximate surface area is 59.2 Å². The van der Waals surface area contributed by atoms with Crippen molar-refractivity contribution in [1.29, 1.82) is 0 Å². The Hall–Kier alpha value is -1.44. The molecule has 0 radical (unpaired) electrons. The molecule has 0 aliphatic rings. The second-order valence-electron chi connectivity index (χ2n) is 1.78. The fourth-order valence-corrected chi connectivity index (χ4v) is 0.625. The summed E-state index contributed by atoms with van der Waals surface area (Å²) in [6.45, 7) is 0. The number of aromatic nitrogens is 1. The Balaban J connectivity index is 2.76. The van der Waals surface area contributed by atoms with E-state index in [1.807, 2.05) is 12.1 Å². The molecule has 0 N–H and O–H groups in total. The van der Waals surface area contributed by atoms with Gasteiger partial charge < -0.3 is 0 Å². The molecule has 0 unspecified atom stereocenters. The molecular weight excluding hydrogens is 126 g/mol.